The van der Waals surface area contributed by atoms with Crippen LogP contribution >= 0.6 is 11.8 Å². The number of furan rings is 1. The van der Waals surface area contributed by atoms with Crippen molar-refractivity contribution in [3.8, 4) is 0 Å². The molecule has 1 aliphatic rings. The van der Waals surface area contributed by atoms with E-state index in [1.165, 1.54) is 5.75 Å². The van der Waals surface area contributed by atoms with E-state index in [0.717, 1.165) is 18.8 Å². The van der Waals surface area contributed by atoms with E-state index in [9.17, 15) is 0 Å². The summed E-state index contributed by atoms with van der Waals surface area (Å²) in [6.45, 7) is 0.859. The molecule has 60 valence electrons. The number of ether oxygens (including phenoxy) is 1. The van der Waals surface area contributed by atoms with E-state index < -0.39 is 0 Å². The molecule has 0 aliphatic carbocycles. The van der Waals surface area contributed by atoms with Crippen LogP contribution in [0, 0.1) is 0 Å². The summed E-state index contributed by atoms with van der Waals surface area (Å²) in [5.41, 5.74) is 0.138. The van der Waals surface area contributed by atoms with Crippen LogP contribution in [0.4, 0.5) is 0 Å². The maximum Gasteiger partial charge on any atom is 0.160 e. The predicted octanol–water partition coefficient (Wildman–Crippen LogP) is 2.43. The van der Waals surface area contributed by atoms with Crippen molar-refractivity contribution in [2.75, 3.05) is 12.4 Å². The summed E-state index contributed by atoms with van der Waals surface area (Å²) in [5.74, 6) is 2.11. The van der Waals surface area contributed by atoms with E-state index in [1.54, 1.807) is 18.0 Å². The van der Waals surface area contributed by atoms with Gasteiger partial charge < -0.3 is 9.15 Å². The molecule has 0 aromatic carbocycles. The Morgan fingerprint density at radius 2 is 2.55 bits per heavy atom. The molecule has 0 radical (unpaired) electrons. The predicted molar refractivity (Wildman–Crippen MR) is 44.5 cm³/mol. The number of hydrogen-bond acceptors (Lipinski definition) is 3. The summed E-state index contributed by atoms with van der Waals surface area (Å²) in [6, 6.07) is 3.86. The van der Waals surface area contributed by atoms with Crippen molar-refractivity contribution in [1.82, 2.24) is 0 Å². The summed E-state index contributed by atoms with van der Waals surface area (Å²) in [4.78, 5) is 0. The van der Waals surface area contributed by atoms with Crippen molar-refractivity contribution in [2.45, 2.75) is 11.9 Å². The highest BCUT2D eigenvalue weighted by Crippen LogP contribution is 2.33. The van der Waals surface area contributed by atoms with Crippen LogP contribution in [0.1, 0.15) is 17.6 Å². The average molecular weight is 170 g/mol. The van der Waals surface area contributed by atoms with Crippen LogP contribution in [0.3, 0.4) is 0 Å². The van der Waals surface area contributed by atoms with Crippen molar-refractivity contribution in [3.05, 3.63) is 24.2 Å². The first-order valence-corrected chi connectivity index (χ1v) is 4.78. The van der Waals surface area contributed by atoms with Gasteiger partial charge in [0.15, 0.2) is 5.44 Å². The molecule has 1 fully saturated rings. The zero-order chi connectivity index (χ0) is 7.52. The van der Waals surface area contributed by atoms with Gasteiger partial charge in [-0.3, -0.25) is 0 Å². The van der Waals surface area contributed by atoms with Gasteiger partial charge >= 0.3 is 0 Å². The van der Waals surface area contributed by atoms with Gasteiger partial charge in [0.25, 0.3) is 0 Å². The fraction of sp³-hybridized carbons (Fsp3) is 0.500. The second-order valence-corrected chi connectivity index (χ2v) is 3.61. The summed E-state index contributed by atoms with van der Waals surface area (Å²) in [7, 11) is 0. The van der Waals surface area contributed by atoms with Crippen molar-refractivity contribution >= 4 is 11.8 Å². The highest BCUT2D eigenvalue weighted by Gasteiger charge is 2.18. The van der Waals surface area contributed by atoms with Crippen LogP contribution in [0.2, 0.25) is 0 Å². The van der Waals surface area contributed by atoms with Crippen LogP contribution in [0.15, 0.2) is 22.8 Å². The van der Waals surface area contributed by atoms with Gasteiger partial charge in [0, 0.05) is 6.61 Å². The van der Waals surface area contributed by atoms with E-state index in [2.05, 4.69) is 0 Å². The summed E-state index contributed by atoms with van der Waals surface area (Å²) in [5, 5.41) is 0. The SMILES string of the molecule is c1coc(C2OCCCS2)c1. The van der Waals surface area contributed by atoms with Gasteiger partial charge in [-0.05, 0) is 24.3 Å². The zero-order valence-corrected chi connectivity index (χ0v) is 6.97. The molecule has 1 saturated heterocycles. The summed E-state index contributed by atoms with van der Waals surface area (Å²) in [6.07, 6.45) is 2.84. The second-order valence-electron chi connectivity index (χ2n) is 2.44. The monoisotopic (exact) mass is 170 g/mol. The fourth-order valence-corrected chi connectivity index (χ4v) is 2.07. The largest absolute Gasteiger partial charge is 0.466 e. The highest BCUT2D eigenvalue weighted by molar-refractivity contribution is 7.99. The van der Waals surface area contributed by atoms with Crippen LogP contribution < -0.4 is 0 Å². The molecule has 1 unspecified atom stereocenters. The third kappa shape index (κ3) is 1.60. The molecule has 1 aromatic rings. The molecule has 0 saturated carbocycles. The molecule has 1 aromatic heterocycles. The topological polar surface area (TPSA) is 22.4 Å². The van der Waals surface area contributed by atoms with Gasteiger partial charge in [-0.1, -0.05) is 0 Å². The molecule has 0 amide bonds. The van der Waals surface area contributed by atoms with Gasteiger partial charge in [-0.25, -0.2) is 0 Å². The Kier molecular flexibility index (Phi) is 2.19. The molecular formula is C8H10O2S. The highest BCUT2D eigenvalue weighted by atomic mass is 32.2. The lowest BCUT2D eigenvalue weighted by Crippen LogP contribution is -2.08. The molecule has 0 N–H and O–H groups in total. The molecule has 2 heterocycles. The maximum atomic E-state index is 5.49. The van der Waals surface area contributed by atoms with Gasteiger partial charge in [0.2, 0.25) is 0 Å². The normalized spacial score (nSPS) is 25.3. The molecular weight excluding hydrogens is 160 g/mol. The lowest BCUT2D eigenvalue weighted by atomic mass is 10.4. The first-order valence-electron chi connectivity index (χ1n) is 3.73. The standard InChI is InChI=1S/C8H10O2S/c1-3-7(9-4-1)8-10-5-2-6-11-8/h1,3-4,8H,2,5-6H2. The van der Waals surface area contributed by atoms with E-state index in [0.29, 0.717) is 0 Å². The smallest absolute Gasteiger partial charge is 0.160 e. The van der Waals surface area contributed by atoms with E-state index in [1.807, 2.05) is 12.1 Å². The quantitative estimate of drug-likeness (QED) is 0.646. The van der Waals surface area contributed by atoms with Crippen molar-refractivity contribution in [1.29, 1.82) is 0 Å². The Morgan fingerprint density at radius 1 is 1.55 bits per heavy atom. The Balaban J connectivity index is 2.04. The zero-order valence-electron chi connectivity index (χ0n) is 6.16. The third-order valence-corrected chi connectivity index (χ3v) is 2.80. The Morgan fingerprint density at radius 3 is 3.18 bits per heavy atom. The van der Waals surface area contributed by atoms with Crippen molar-refractivity contribution in [3.63, 3.8) is 0 Å². The number of rotatable bonds is 1. The van der Waals surface area contributed by atoms with Crippen molar-refractivity contribution < 1.29 is 9.15 Å². The van der Waals surface area contributed by atoms with Gasteiger partial charge in [-0.2, -0.15) is 0 Å². The molecule has 3 heteroatoms. The fourth-order valence-electron chi connectivity index (χ4n) is 1.08. The Labute approximate surface area is 69.9 Å². The lowest BCUT2D eigenvalue weighted by Gasteiger charge is -2.19. The second kappa shape index (κ2) is 3.32. The van der Waals surface area contributed by atoms with Gasteiger partial charge in [-0.15, -0.1) is 11.8 Å². The van der Waals surface area contributed by atoms with Crippen LogP contribution in [0.25, 0.3) is 0 Å². The Hall–Kier alpha value is -0.410. The molecule has 11 heavy (non-hydrogen) atoms. The van der Waals surface area contributed by atoms with E-state index in [-0.39, 0.29) is 5.44 Å². The van der Waals surface area contributed by atoms with Crippen LogP contribution in [-0.4, -0.2) is 12.4 Å². The van der Waals surface area contributed by atoms with Crippen molar-refractivity contribution in [2.24, 2.45) is 0 Å². The number of thioether (sulfide) groups is 1. The maximum absolute atomic E-state index is 5.49. The molecule has 0 spiro atoms. The average Bonchev–Trinajstić information content (AvgIpc) is 2.58. The lowest BCUT2D eigenvalue weighted by molar-refractivity contribution is 0.0920. The molecule has 2 rings (SSSR count). The molecule has 1 atom stereocenters. The minimum atomic E-state index is 0.138. The van der Waals surface area contributed by atoms with E-state index in [4.69, 9.17) is 9.15 Å². The van der Waals surface area contributed by atoms with Gasteiger partial charge in [0.05, 0.1) is 6.26 Å². The van der Waals surface area contributed by atoms with Crippen LogP contribution in [0.5, 0.6) is 0 Å². The van der Waals surface area contributed by atoms with Crippen LogP contribution in [-0.2, 0) is 4.74 Å². The molecule has 1 aliphatic heterocycles. The third-order valence-electron chi connectivity index (χ3n) is 1.60. The Bertz CT molecular complexity index is 202. The minimum absolute atomic E-state index is 0.138. The van der Waals surface area contributed by atoms with Gasteiger partial charge in [0.1, 0.15) is 5.76 Å². The first kappa shape index (κ1) is 7.25. The minimum Gasteiger partial charge on any atom is -0.466 e. The summed E-state index contributed by atoms with van der Waals surface area (Å²) < 4.78 is 10.7. The van der Waals surface area contributed by atoms with E-state index >= 15 is 0 Å². The molecule has 0 bridgehead atoms. The summed E-state index contributed by atoms with van der Waals surface area (Å²) >= 11 is 1.80. The molecule has 2 nitrogen and oxygen atoms in total. The first-order chi connectivity index (χ1) is 5.47. The number of hydrogen-bond donors (Lipinski definition) is 0.